The maximum atomic E-state index is 12.4. The third-order valence-electron chi connectivity index (χ3n) is 4.12. The number of carbonyl (C=O) groups is 1. The van der Waals surface area contributed by atoms with E-state index in [-0.39, 0.29) is 17.7 Å². The molecule has 26 heavy (non-hydrogen) atoms. The van der Waals surface area contributed by atoms with Crippen LogP contribution in [0.2, 0.25) is 0 Å². The third-order valence-corrected chi connectivity index (χ3v) is 4.97. The Kier molecular flexibility index (Phi) is 6.59. The highest BCUT2D eigenvalue weighted by atomic mass is 32.2. The number of amides is 1. The fourth-order valence-electron chi connectivity index (χ4n) is 2.83. The summed E-state index contributed by atoms with van der Waals surface area (Å²) in [7, 11) is -3.08. The van der Waals surface area contributed by atoms with Crippen LogP contribution in [0.1, 0.15) is 53.9 Å². The highest BCUT2D eigenvalue weighted by molar-refractivity contribution is 7.89. The van der Waals surface area contributed by atoms with Crippen molar-refractivity contribution in [3.05, 3.63) is 70.8 Å². The molecule has 140 valence electrons. The summed E-state index contributed by atoms with van der Waals surface area (Å²) in [5, 5.41) is 2.98. The smallest absolute Gasteiger partial charge is 0.251 e. The quantitative estimate of drug-likeness (QED) is 0.800. The molecule has 1 amide bonds. The Balaban J connectivity index is 2.00. The average molecular weight is 374 g/mol. The van der Waals surface area contributed by atoms with Crippen molar-refractivity contribution in [2.45, 2.75) is 39.0 Å². The molecule has 5 heteroatoms. The van der Waals surface area contributed by atoms with Crippen molar-refractivity contribution < 1.29 is 13.2 Å². The van der Waals surface area contributed by atoms with Gasteiger partial charge in [-0.15, -0.1) is 0 Å². The van der Waals surface area contributed by atoms with Crippen LogP contribution in [0, 0.1) is 5.92 Å². The molecule has 0 radical (unpaired) electrons. The van der Waals surface area contributed by atoms with Crippen LogP contribution >= 0.6 is 0 Å². The van der Waals surface area contributed by atoms with Gasteiger partial charge in [-0.25, -0.2) is 8.42 Å². The third kappa shape index (κ3) is 6.30. The predicted octanol–water partition coefficient (Wildman–Crippen LogP) is 3.92. The number of nitrogens with one attached hydrogen (secondary N) is 1. The first-order valence-corrected chi connectivity index (χ1v) is 10.9. The van der Waals surface area contributed by atoms with Gasteiger partial charge < -0.3 is 5.32 Å². The standard InChI is InChI=1S/C21H27NO3S/c1-15(2)13-17-5-9-19(10-6-17)16(3)22-21(23)20-11-7-18(8-12-20)14-26(4,24)25/h5-12,15-16H,13-14H2,1-4H3,(H,22,23)/t16-/m1/s1. The van der Waals surface area contributed by atoms with Crippen LogP contribution in [0.25, 0.3) is 0 Å². The van der Waals surface area contributed by atoms with Crippen molar-refractivity contribution in [1.29, 1.82) is 0 Å². The number of hydrogen-bond donors (Lipinski definition) is 1. The van der Waals surface area contributed by atoms with Gasteiger partial charge in [0.15, 0.2) is 9.84 Å². The van der Waals surface area contributed by atoms with Gasteiger partial charge >= 0.3 is 0 Å². The van der Waals surface area contributed by atoms with E-state index in [9.17, 15) is 13.2 Å². The summed E-state index contributed by atoms with van der Waals surface area (Å²) in [6, 6.07) is 14.9. The van der Waals surface area contributed by atoms with Crippen LogP contribution in [-0.2, 0) is 22.0 Å². The molecule has 0 aliphatic heterocycles. The van der Waals surface area contributed by atoms with Crippen LogP contribution in [-0.4, -0.2) is 20.6 Å². The molecular formula is C21H27NO3S. The van der Waals surface area contributed by atoms with Crippen molar-refractivity contribution in [2.75, 3.05) is 6.26 Å². The molecule has 2 aromatic carbocycles. The van der Waals surface area contributed by atoms with Gasteiger partial charge in [0.2, 0.25) is 0 Å². The molecule has 0 aromatic heterocycles. The van der Waals surface area contributed by atoms with Crippen LogP contribution in [0.4, 0.5) is 0 Å². The van der Waals surface area contributed by atoms with Gasteiger partial charge in [-0.3, -0.25) is 4.79 Å². The molecule has 0 aliphatic rings. The zero-order chi connectivity index (χ0) is 19.3. The summed E-state index contributed by atoms with van der Waals surface area (Å²) in [5.74, 6) is 0.423. The Morgan fingerprint density at radius 1 is 0.923 bits per heavy atom. The number of carbonyl (C=O) groups excluding carboxylic acids is 1. The van der Waals surface area contributed by atoms with Gasteiger partial charge in [0.05, 0.1) is 11.8 Å². The lowest BCUT2D eigenvalue weighted by atomic mass is 10.00. The zero-order valence-electron chi connectivity index (χ0n) is 15.8. The van der Waals surface area contributed by atoms with Gasteiger partial charge in [0, 0.05) is 11.8 Å². The topological polar surface area (TPSA) is 63.2 Å². The van der Waals surface area contributed by atoms with E-state index in [1.807, 2.05) is 6.92 Å². The van der Waals surface area contributed by atoms with Crippen molar-refractivity contribution >= 4 is 15.7 Å². The molecule has 0 saturated heterocycles. The Morgan fingerprint density at radius 3 is 1.96 bits per heavy atom. The van der Waals surface area contributed by atoms with Crippen molar-refractivity contribution in [3.63, 3.8) is 0 Å². The Labute approximate surface area is 156 Å². The first kappa shape index (κ1) is 20.2. The molecule has 0 unspecified atom stereocenters. The van der Waals surface area contributed by atoms with Gasteiger partial charge in [0.1, 0.15) is 0 Å². The monoisotopic (exact) mass is 373 g/mol. The van der Waals surface area contributed by atoms with E-state index in [1.165, 1.54) is 11.8 Å². The average Bonchev–Trinajstić information content (AvgIpc) is 2.54. The van der Waals surface area contributed by atoms with Gasteiger partial charge in [0.25, 0.3) is 5.91 Å². The van der Waals surface area contributed by atoms with Crippen molar-refractivity contribution in [2.24, 2.45) is 5.92 Å². The molecule has 0 fully saturated rings. The lowest BCUT2D eigenvalue weighted by Crippen LogP contribution is -2.26. The number of hydrogen-bond acceptors (Lipinski definition) is 3. The summed E-state index contributed by atoms with van der Waals surface area (Å²) in [4.78, 5) is 12.4. The van der Waals surface area contributed by atoms with Gasteiger partial charge in [-0.05, 0) is 48.1 Å². The largest absolute Gasteiger partial charge is 0.346 e. The minimum absolute atomic E-state index is 0.0198. The van der Waals surface area contributed by atoms with E-state index >= 15 is 0 Å². The molecule has 0 heterocycles. The van der Waals surface area contributed by atoms with Crippen LogP contribution in [0.15, 0.2) is 48.5 Å². The number of sulfone groups is 1. The van der Waals surface area contributed by atoms with E-state index < -0.39 is 9.84 Å². The molecule has 0 bridgehead atoms. The second-order valence-corrected chi connectivity index (χ2v) is 9.44. The summed E-state index contributed by atoms with van der Waals surface area (Å²) in [6.45, 7) is 6.34. The Hall–Kier alpha value is -2.14. The molecule has 2 rings (SSSR count). The van der Waals surface area contributed by atoms with E-state index in [0.29, 0.717) is 17.0 Å². The van der Waals surface area contributed by atoms with Gasteiger partial charge in [-0.2, -0.15) is 0 Å². The fourth-order valence-corrected chi connectivity index (χ4v) is 3.63. The normalized spacial score (nSPS) is 12.8. The molecule has 1 atom stereocenters. The predicted molar refractivity (Wildman–Crippen MR) is 106 cm³/mol. The Morgan fingerprint density at radius 2 is 1.46 bits per heavy atom. The summed E-state index contributed by atoms with van der Waals surface area (Å²) in [5.41, 5.74) is 3.55. The summed E-state index contributed by atoms with van der Waals surface area (Å²) in [6.07, 6.45) is 2.24. The molecule has 4 nitrogen and oxygen atoms in total. The van der Waals surface area contributed by atoms with E-state index in [1.54, 1.807) is 24.3 Å². The highest BCUT2D eigenvalue weighted by Gasteiger charge is 2.12. The van der Waals surface area contributed by atoms with Crippen molar-refractivity contribution in [3.8, 4) is 0 Å². The lowest BCUT2D eigenvalue weighted by molar-refractivity contribution is 0.0940. The molecule has 0 saturated carbocycles. The SMILES string of the molecule is CC(C)Cc1ccc([C@@H](C)NC(=O)c2ccc(CS(C)(=O)=O)cc2)cc1. The van der Waals surface area contributed by atoms with E-state index in [0.717, 1.165) is 12.0 Å². The zero-order valence-corrected chi connectivity index (χ0v) is 16.6. The fraction of sp³-hybridized carbons (Fsp3) is 0.381. The van der Waals surface area contributed by atoms with Gasteiger partial charge in [-0.1, -0.05) is 50.2 Å². The maximum Gasteiger partial charge on any atom is 0.251 e. The molecule has 0 spiro atoms. The summed E-state index contributed by atoms with van der Waals surface area (Å²) < 4.78 is 22.7. The second kappa shape index (κ2) is 8.49. The molecule has 0 aliphatic carbocycles. The summed E-state index contributed by atoms with van der Waals surface area (Å²) >= 11 is 0. The Bertz CT molecular complexity index is 838. The minimum Gasteiger partial charge on any atom is -0.346 e. The maximum absolute atomic E-state index is 12.4. The molecule has 1 N–H and O–H groups in total. The number of rotatable bonds is 7. The first-order valence-electron chi connectivity index (χ1n) is 8.80. The molecular weight excluding hydrogens is 346 g/mol. The van der Waals surface area contributed by atoms with E-state index in [4.69, 9.17) is 0 Å². The second-order valence-electron chi connectivity index (χ2n) is 7.30. The van der Waals surface area contributed by atoms with Crippen LogP contribution in [0.3, 0.4) is 0 Å². The van der Waals surface area contributed by atoms with Crippen molar-refractivity contribution in [1.82, 2.24) is 5.32 Å². The van der Waals surface area contributed by atoms with E-state index in [2.05, 4.69) is 43.4 Å². The number of benzene rings is 2. The highest BCUT2D eigenvalue weighted by Crippen LogP contribution is 2.16. The first-order chi connectivity index (χ1) is 12.1. The lowest BCUT2D eigenvalue weighted by Gasteiger charge is -2.15. The van der Waals surface area contributed by atoms with Crippen LogP contribution < -0.4 is 5.32 Å². The molecule has 2 aromatic rings. The van der Waals surface area contributed by atoms with Crippen LogP contribution in [0.5, 0.6) is 0 Å². The minimum atomic E-state index is -3.08.